The minimum atomic E-state index is 0.542. The molecule has 0 aromatic heterocycles. The van der Waals surface area contributed by atoms with E-state index in [2.05, 4.69) is 0 Å². The van der Waals surface area contributed by atoms with E-state index in [1.54, 1.807) is 17.2 Å². The molecule has 0 radical (unpaired) electrons. The number of thioether (sulfide) groups is 1. The third-order valence-corrected chi connectivity index (χ3v) is 1.57. The summed E-state index contributed by atoms with van der Waals surface area (Å²) < 4.78 is 0. The standard InChI is InChI=1S/C4H6OS/c5-4-1-2-6-3-4/h3,5H,1-2H2. The summed E-state index contributed by atoms with van der Waals surface area (Å²) in [6.07, 6.45) is 0.866. The van der Waals surface area contributed by atoms with E-state index >= 15 is 0 Å². The number of aliphatic hydroxyl groups is 1. The second-order valence-corrected chi connectivity index (χ2v) is 2.21. The van der Waals surface area contributed by atoms with Crippen LogP contribution in [0.4, 0.5) is 0 Å². The summed E-state index contributed by atoms with van der Waals surface area (Å²) in [5, 5.41) is 10.4. The molecule has 1 nitrogen and oxygen atoms in total. The van der Waals surface area contributed by atoms with E-state index in [-0.39, 0.29) is 0 Å². The fraction of sp³-hybridized carbons (Fsp3) is 0.500. The highest BCUT2D eigenvalue weighted by Gasteiger charge is 1.98. The molecule has 0 saturated carbocycles. The summed E-state index contributed by atoms with van der Waals surface area (Å²) in [4.78, 5) is 0. The second kappa shape index (κ2) is 1.56. The lowest BCUT2D eigenvalue weighted by Crippen LogP contribution is -1.71. The summed E-state index contributed by atoms with van der Waals surface area (Å²) >= 11 is 1.67. The molecule has 0 aromatic rings. The van der Waals surface area contributed by atoms with Gasteiger partial charge < -0.3 is 5.11 Å². The van der Waals surface area contributed by atoms with Gasteiger partial charge in [0.15, 0.2) is 0 Å². The zero-order valence-electron chi connectivity index (χ0n) is 3.35. The van der Waals surface area contributed by atoms with Gasteiger partial charge in [-0.15, -0.1) is 11.8 Å². The highest BCUT2D eigenvalue weighted by atomic mass is 32.2. The van der Waals surface area contributed by atoms with E-state index in [0.717, 1.165) is 12.2 Å². The molecule has 1 aliphatic heterocycles. The predicted molar refractivity (Wildman–Crippen MR) is 27.8 cm³/mol. The molecule has 34 valence electrons. The van der Waals surface area contributed by atoms with E-state index < -0.39 is 0 Å². The number of hydrogen-bond donors (Lipinski definition) is 1. The van der Waals surface area contributed by atoms with Crippen LogP contribution in [-0.4, -0.2) is 10.9 Å². The van der Waals surface area contributed by atoms with Crippen molar-refractivity contribution in [3.05, 3.63) is 11.2 Å². The molecule has 6 heavy (non-hydrogen) atoms. The Kier molecular flexibility index (Phi) is 1.05. The van der Waals surface area contributed by atoms with Crippen LogP contribution in [0.1, 0.15) is 6.42 Å². The normalized spacial score (nSPS) is 21.0. The molecule has 0 unspecified atom stereocenters. The zero-order chi connectivity index (χ0) is 4.41. The molecule has 0 spiro atoms. The number of rotatable bonds is 0. The first-order valence-corrected chi connectivity index (χ1v) is 2.94. The maximum absolute atomic E-state index is 8.57. The van der Waals surface area contributed by atoms with Crippen LogP contribution < -0.4 is 0 Å². The Labute approximate surface area is 41.1 Å². The molecular weight excluding hydrogens is 96.1 g/mol. The lowest BCUT2D eigenvalue weighted by Gasteiger charge is -1.78. The van der Waals surface area contributed by atoms with Gasteiger partial charge in [0.2, 0.25) is 0 Å². The molecule has 0 aromatic carbocycles. The summed E-state index contributed by atoms with van der Waals surface area (Å²) in [5.74, 6) is 1.60. The topological polar surface area (TPSA) is 20.2 Å². The number of hydrogen-bond acceptors (Lipinski definition) is 2. The number of allylic oxidation sites excluding steroid dienone is 1. The van der Waals surface area contributed by atoms with Crippen molar-refractivity contribution < 1.29 is 5.11 Å². The van der Waals surface area contributed by atoms with Gasteiger partial charge in [0.1, 0.15) is 0 Å². The third-order valence-electron chi connectivity index (χ3n) is 0.695. The van der Waals surface area contributed by atoms with Gasteiger partial charge in [-0.1, -0.05) is 0 Å². The summed E-state index contributed by atoms with van der Waals surface area (Å²) in [5.41, 5.74) is 0. The van der Waals surface area contributed by atoms with Gasteiger partial charge in [-0.3, -0.25) is 0 Å². The van der Waals surface area contributed by atoms with Crippen molar-refractivity contribution in [1.29, 1.82) is 0 Å². The lowest BCUT2D eigenvalue weighted by molar-refractivity contribution is 0.400. The lowest BCUT2D eigenvalue weighted by atomic mass is 10.4. The molecule has 2 heteroatoms. The zero-order valence-corrected chi connectivity index (χ0v) is 4.16. The first-order valence-electron chi connectivity index (χ1n) is 1.89. The van der Waals surface area contributed by atoms with Crippen LogP contribution in [0, 0.1) is 0 Å². The van der Waals surface area contributed by atoms with E-state index in [0.29, 0.717) is 5.76 Å². The first kappa shape index (κ1) is 4.06. The molecular formula is C4H6OS. The Balaban J connectivity index is 2.45. The van der Waals surface area contributed by atoms with Crippen molar-refractivity contribution >= 4 is 11.8 Å². The fourth-order valence-corrected chi connectivity index (χ4v) is 1.13. The summed E-state index contributed by atoms with van der Waals surface area (Å²) in [6.45, 7) is 0. The summed E-state index contributed by atoms with van der Waals surface area (Å²) in [7, 11) is 0. The van der Waals surface area contributed by atoms with Crippen molar-refractivity contribution in [2.24, 2.45) is 0 Å². The SMILES string of the molecule is OC1=CSCC1. The van der Waals surface area contributed by atoms with Gasteiger partial charge in [-0.2, -0.15) is 0 Å². The third kappa shape index (κ3) is 0.684. The Hall–Kier alpha value is -0.110. The van der Waals surface area contributed by atoms with Crippen molar-refractivity contribution in [3.63, 3.8) is 0 Å². The summed E-state index contributed by atoms with van der Waals surface area (Å²) in [6, 6.07) is 0. The van der Waals surface area contributed by atoms with Crippen molar-refractivity contribution in [2.45, 2.75) is 6.42 Å². The Morgan fingerprint density at radius 3 is 2.83 bits per heavy atom. The quantitative estimate of drug-likeness (QED) is 0.500. The smallest absolute Gasteiger partial charge is 0.0993 e. The molecule has 1 aliphatic rings. The van der Waals surface area contributed by atoms with Crippen LogP contribution in [0.25, 0.3) is 0 Å². The Morgan fingerprint density at radius 2 is 2.67 bits per heavy atom. The minimum absolute atomic E-state index is 0.542. The molecule has 0 bridgehead atoms. The van der Waals surface area contributed by atoms with Gasteiger partial charge in [-0.05, 0) is 0 Å². The predicted octanol–water partition coefficient (Wildman–Crippen LogP) is 1.52. The monoisotopic (exact) mass is 102 g/mol. The minimum Gasteiger partial charge on any atom is -0.512 e. The molecule has 1 heterocycles. The van der Waals surface area contributed by atoms with Crippen LogP contribution in [0.5, 0.6) is 0 Å². The van der Waals surface area contributed by atoms with Gasteiger partial charge >= 0.3 is 0 Å². The molecule has 0 amide bonds. The van der Waals surface area contributed by atoms with Crippen LogP contribution in [0.3, 0.4) is 0 Å². The molecule has 0 saturated heterocycles. The first-order chi connectivity index (χ1) is 2.89. The van der Waals surface area contributed by atoms with Crippen LogP contribution in [-0.2, 0) is 0 Å². The van der Waals surface area contributed by atoms with Crippen molar-refractivity contribution in [1.82, 2.24) is 0 Å². The van der Waals surface area contributed by atoms with Gasteiger partial charge in [0, 0.05) is 17.6 Å². The highest BCUT2D eigenvalue weighted by Crippen LogP contribution is 2.18. The fourth-order valence-electron chi connectivity index (χ4n) is 0.378. The van der Waals surface area contributed by atoms with Crippen LogP contribution >= 0.6 is 11.8 Å². The van der Waals surface area contributed by atoms with Gasteiger partial charge in [0.05, 0.1) is 5.76 Å². The number of aliphatic hydroxyl groups excluding tert-OH is 1. The Bertz CT molecular complexity index is 77.6. The van der Waals surface area contributed by atoms with Gasteiger partial charge in [0.25, 0.3) is 0 Å². The van der Waals surface area contributed by atoms with Crippen LogP contribution in [0.15, 0.2) is 11.2 Å². The van der Waals surface area contributed by atoms with E-state index in [1.807, 2.05) is 0 Å². The molecule has 0 atom stereocenters. The van der Waals surface area contributed by atoms with Crippen LogP contribution in [0.2, 0.25) is 0 Å². The molecule has 0 fully saturated rings. The second-order valence-electron chi connectivity index (χ2n) is 1.23. The average molecular weight is 102 g/mol. The maximum Gasteiger partial charge on any atom is 0.0993 e. The van der Waals surface area contributed by atoms with Crippen molar-refractivity contribution in [3.8, 4) is 0 Å². The largest absolute Gasteiger partial charge is 0.512 e. The molecule has 0 aliphatic carbocycles. The Morgan fingerprint density at radius 1 is 1.83 bits per heavy atom. The van der Waals surface area contributed by atoms with E-state index in [4.69, 9.17) is 5.11 Å². The van der Waals surface area contributed by atoms with Gasteiger partial charge in [-0.25, -0.2) is 0 Å². The maximum atomic E-state index is 8.57. The molecule has 1 rings (SSSR count). The van der Waals surface area contributed by atoms with Crippen molar-refractivity contribution in [2.75, 3.05) is 5.75 Å². The average Bonchev–Trinajstić information content (AvgIpc) is 1.86. The van der Waals surface area contributed by atoms with E-state index in [9.17, 15) is 0 Å². The van der Waals surface area contributed by atoms with E-state index in [1.165, 1.54) is 0 Å². The highest BCUT2D eigenvalue weighted by molar-refractivity contribution is 8.02. The molecule has 1 N–H and O–H groups in total.